The Hall–Kier alpha value is -0.730. The van der Waals surface area contributed by atoms with E-state index in [1.165, 1.54) is 0 Å². The van der Waals surface area contributed by atoms with E-state index in [0.29, 0.717) is 17.5 Å². The molecule has 1 N–H and O–H groups in total. The van der Waals surface area contributed by atoms with Crippen LogP contribution in [0.1, 0.15) is 33.1 Å². The minimum Gasteiger partial charge on any atom is -0.491 e. The maximum absolute atomic E-state index is 9.81. The van der Waals surface area contributed by atoms with Gasteiger partial charge in [0.05, 0.1) is 6.10 Å². The third-order valence-electron chi connectivity index (χ3n) is 2.71. The van der Waals surface area contributed by atoms with Crippen LogP contribution in [-0.2, 0) is 0 Å². The number of hydrogen-bond acceptors (Lipinski definition) is 2. The van der Waals surface area contributed by atoms with Gasteiger partial charge in [0.1, 0.15) is 12.4 Å². The van der Waals surface area contributed by atoms with Gasteiger partial charge < -0.3 is 9.84 Å². The second-order valence-corrected chi connectivity index (χ2v) is 4.98. The summed E-state index contributed by atoms with van der Waals surface area (Å²) >= 11 is 5.77. The molecule has 0 aliphatic carbocycles. The van der Waals surface area contributed by atoms with E-state index >= 15 is 0 Å². The van der Waals surface area contributed by atoms with Gasteiger partial charge in [0.2, 0.25) is 0 Å². The molecule has 17 heavy (non-hydrogen) atoms. The van der Waals surface area contributed by atoms with E-state index < -0.39 is 6.10 Å². The number of aliphatic hydroxyl groups is 1. The summed E-state index contributed by atoms with van der Waals surface area (Å²) < 4.78 is 5.49. The molecule has 0 amide bonds. The van der Waals surface area contributed by atoms with Crippen molar-refractivity contribution >= 4 is 11.6 Å². The lowest BCUT2D eigenvalue weighted by Gasteiger charge is -2.16. The van der Waals surface area contributed by atoms with Crippen LogP contribution in [0.15, 0.2) is 24.3 Å². The van der Waals surface area contributed by atoms with Crippen molar-refractivity contribution in [1.82, 2.24) is 0 Å². The normalized spacial score (nSPS) is 14.4. The van der Waals surface area contributed by atoms with Gasteiger partial charge in [-0.2, -0.15) is 0 Å². The van der Waals surface area contributed by atoms with E-state index in [4.69, 9.17) is 16.3 Å². The van der Waals surface area contributed by atoms with E-state index in [9.17, 15) is 5.11 Å². The highest BCUT2D eigenvalue weighted by Gasteiger charge is 2.10. The summed E-state index contributed by atoms with van der Waals surface area (Å²) in [6, 6.07) is 7.18. The van der Waals surface area contributed by atoms with Gasteiger partial charge in [0, 0.05) is 5.02 Å². The quantitative estimate of drug-likeness (QED) is 0.802. The van der Waals surface area contributed by atoms with Gasteiger partial charge in [-0.25, -0.2) is 0 Å². The summed E-state index contributed by atoms with van der Waals surface area (Å²) in [6.07, 6.45) is 2.71. The molecule has 1 aromatic carbocycles. The number of aliphatic hydroxyl groups excluding tert-OH is 1. The highest BCUT2D eigenvalue weighted by atomic mass is 35.5. The fourth-order valence-electron chi connectivity index (χ4n) is 1.87. The van der Waals surface area contributed by atoms with Crippen molar-refractivity contribution in [3.63, 3.8) is 0 Å². The summed E-state index contributed by atoms with van der Waals surface area (Å²) in [5.74, 6) is 1.29. The van der Waals surface area contributed by atoms with Crippen LogP contribution in [0, 0.1) is 5.92 Å². The highest BCUT2D eigenvalue weighted by Crippen LogP contribution is 2.17. The van der Waals surface area contributed by atoms with E-state index in [2.05, 4.69) is 13.8 Å². The number of ether oxygens (including phenoxy) is 1. The van der Waals surface area contributed by atoms with Gasteiger partial charge in [-0.3, -0.25) is 0 Å². The second kappa shape index (κ2) is 7.57. The first-order valence-corrected chi connectivity index (χ1v) is 6.56. The third-order valence-corrected chi connectivity index (χ3v) is 2.96. The average molecular weight is 257 g/mol. The van der Waals surface area contributed by atoms with E-state index in [1.807, 2.05) is 12.1 Å². The Morgan fingerprint density at radius 2 is 1.94 bits per heavy atom. The molecule has 96 valence electrons. The van der Waals surface area contributed by atoms with Gasteiger partial charge in [-0.1, -0.05) is 38.3 Å². The van der Waals surface area contributed by atoms with Crippen LogP contribution in [0.25, 0.3) is 0 Å². The lowest BCUT2D eigenvalue weighted by Crippen LogP contribution is -2.20. The van der Waals surface area contributed by atoms with Crippen LogP contribution in [0.5, 0.6) is 5.75 Å². The number of halogens is 1. The Labute approximate surface area is 109 Å². The molecule has 2 nitrogen and oxygen atoms in total. The third kappa shape index (κ3) is 5.94. The lowest BCUT2D eigenvalue weighted by atomic mass is 9.99. The van der Waals surface area contributed by atoms with Crippen molar-refractivity contribution in [2.45, 2.75) is 39.2 Å². The van der Waals surface area contributed by atoms with Gasteiger partial charge in [-0.05, 0) is 36.6 Å². The first-order chi connectivity index (χ1) is 8.11. The molecule has 0 saturated heterocycles. The predicted octanol–water partition coefficient (Wildman–Crippen LogP) is 3.91. The van der Waals surface area contributed by atoms with Gasteiger partial charge in [0.15, 0.2) is 0 Å². The molecule has 1 aromatic rings. The Kier molecular flexibility index (Phi) is 6.38. The molecular formula is C14H21ClO2. The molecule has 0 aliphatic rings. The van der Waals surface area contributed by atoms with Crippen molar-refractivity contribution in [2.75, 3.05) is 6.61 Å². The zero-order valence-electron chi connectivity index (χ0n) is 10.5. The molecular weight excluding hydrogens is 236 g/mol. The molecule has 0 spiro atoms. The SMILES string of the molecule is CCCC(C)CC(O)COc1ccc(Cl)cc1. The van der Waals surface area contributed by atoms with Crippen molar-refractivity contribution in [3.8, 4) is 5.75 Å². The molecule has 0 bridgehead atoms. The summed E-state index contributed by atoms with van der Waals surface area (Å²) in [7, 11) is 0. The van der Waals surface area contributed by atoms with Crippen LogP contribution < -0.4 is 4.74 Å². The molecule has 0 fully saturated rings. The summed E-state index contributed by atoms with van der Waals surface area (Å²) in [6.45, 7) is 4.66. The Bertz CT molecular complexity index is 311. The number of rotatable bonds is 7. The van der Waals surface area contributed by atoms with Gasteiger partial charge in [0.25, 0.3) is 0 Å². The van der Waals surface area contributed by atoms with Gasteiger partial charge in [-0.15, -0.1) is 0 Å². The molecule has 0 aromatic heterocycles. The highest BCUT2D eigenvalue weighted by molar-refractivity contribution is 6.30. The largest absolute Gasteiger partial charge is 0.491 e. The van der Waals surface area contributed by atoms with E-state index in [-0.39, 0.29) is 0 Å². The average Bonchev–Trinajstić information content (AvgIpc) is 2.28. The van der Waals surface area contributed by atoms with Crippen molar-refractivity contribution < 1.29 is 9.84 Å². The Balaban J connectivity index is 2.27. The fourth-order valence-corrected chi connectivity index (χ4v) is 1.99. The summed E-state index contributed by atoms with van der Waals surface area (Å²) in [4.78, 5) is 0. The Morgan fingerprint density at radius 1 is 1.29 bits per heavy atom. The smallest absolute Gasteiger partial charge is 0.119 e. The van der Waals surface area contributed by atoms with Crippen LogP contribution >= 0.6 is 11.6 Å². The second-order valence-electron chi connectivity index (χ2n) is 4.55. The first-order valence-electron chi connectivity index (χ1n) is 6.18. The van der Waals surface area contributed by atoms with Crippen LogP contribution in [0.4, 0.5) is 0 Å². The molecule has 0 saturated carbocycles. The summed E-state index contributed by atoms with van der Waals surface area (Å²) in [5, 5.41) is 10.5. The molecule has 2 atom stereocenters. The molecule has 3 heteroatoms. The minimum atomic E-state index is -0.396. The molecule has 1 rings (SSSR count). The monoisotopic (exact) mass is 256 g/mol. The number of hydrogen-bond donors (Lipinski definition) is 1. The minimum absolute atomic E-state index is 0.343. The van der Waals surface area contributed by atoms with Crippen molar-refractivity contribution in [1.29, 1.82) is 0 Å². The van der Waals surface area contributed by atoms with Crippen LogP contribution in [0.3, 0.4) is 0 Å². The van der Waals surface area contributed by atoms with Crippen LogP contribution in [0.2, 0.25) is 5.02 Å². The maximum atomic E-state index is 9.81. The van der Waals surface area contributed by atoms with Crippen molar-refractivity contribution in [3.05, 3.63) is 29.3 Å². The predicted molar refractivity (Wildman–Crippen MR) is 71.6 cm³/mol. The molecule has 0 heterocycles. The van der Waals surface area contributed by atoms with Crippen LogP contribution in [-0.4, -0.2) is 17.8 Å². The zero-order valence-corrected chi connectivity index (χ0v) is 11.3. The topological polar surface area (TPSA) is 29.5 Å². The molecule has 0 aliphatic heterocycles. The fraction of sp³-hybridized carbons (Fsp3) is 0.571. The van der Waals surface area contributed by atoms with Gasteiger partial charge >= 0.3 is 0 Å². The first kappa shape index (κ1) is 14.3. The standard InChI is InChI=1S/C14H21ClO2/c1-3-4-11(2)9-13(16)10-17-14-7-5-12(15)6-8-14/h5-8,11,13,16H,3-4,9-10H2,1-2H3. The van der Waals surface area contributed by atoms with E-state index in [1.54, 1.807) is 12.1 Å². The lowest BCUT2D eigenvalue weighted by molar-refractivity contribution is 0.0858. The maximum Gasteiger partial charge on any atom is 0.119 e. The number of benzene rings is 1. The van der Waals surface area contributed by atoms with Crippen molar-refractivity contribution in [2.24, 2.45) is 5.92 Å². The molecule has 2 unspecified atom stereocenters. The van der Waals surface area contributed by atoms with E-state index in [0.717, 1.165) is 25.0 Å². The molecule has 0 radical (unpaired) electrons. The Morgan fingerprint density at radius 3 is 2.53 bits per heavy atom. The summed E-state index contributed by atoms with van der Waals surface area (Å²) in [5.41, 5.74) is 0. The zero-order chi connectivity index (χ0) is 12.7.